The number of carbonyl (C=O) groups excluding carboxylic acids is 1. The number of hydrogen-bond acceptors (Lipinski definition) is 4. The third kappa shape index (κ3) is 3.18. The van der Waals surface area contributed by atoms with Crippen molar-refractivity contribution in [3.63, 3.8) is 0 Å². The predicted octanol–water partition coefficient (Wildman–Crippen LogP) is 2.54. The maximum Gasteiger partial charge on any atom is 0.252 e. The third-order valence-corrected chi connectivity index (χ3v) is 6.48. The van der Waals surface area contributed by atoms with E-state index in [1.54, 1.807) is 30.6 Å². The molecule has 0 radical (unpaired) electrons. The van der Waals surface area contributed by atoms with Gasteiger partial charge in [0.15, 0.2) is 0 Å². The van der Waals surface area contributed by atoms with Gasteiger partial charge in [-0.05, 0) is 40.5 Å². The number of carbonyl (C=O) groups is 1. The van der Waals surface area contributed by atoms with E-state index in [0.717, 1.165) is 44.3 Å². The second kappa shape index (κ2) is 7.53. The van der Waals surface area contributed by atoms with Crippen molar-refractivity contribution in [2.24, 2.45) is 5.92 Å². The molecule has 2 aliphatic rings. The Bertz CT molecular complexity index is 1470. The number of aliphatic hydroxyl groups is 1. The van der Waals surface area contributed by atoms with Crippen LogP contribution in [-0.4, -0.2) is 32.1 Å². The number of hydrogen-bond donors (Lipinski definition) is 3. The fraction of sp³-hybridized carbons (Fsp3) is 0.148. The number of fused-ring (bicyclic) bond motifs is 4. The van der Waals surface area contributed by atoms with Crippen LogP contribution in [0.3, 0.4) is 0 Å². The highest BCUT2D eigenvalue weighted by Gasteiger charge is 2.32. The van der Waals surface area contributed by atoms with Crippen LogP contribution >= 0.6 is 0 Å². The first-order valence-corrected chi connectivity index (χ1v) is 11.0. The molecule has 3 N–H and O–H groups in total. The minimum atomic E-state index is -0.538. The molecular weight excluding hydrogens is 412 g/mol. The van der Waals surface area contributed by atoms with E-state index in [1.807, 2.05) is 37.3 Å². The van der Waals surface area contributed by atoms with Crippen LogP contribution in [0, 0.1) is 5.92 Å². The van der Waals surface area contributed by atoms with Gasteiger partial charge in [-0.1, -0.05) is 55.5 Å². The predicted molar refractivity (Wildman–Crippen MR) is 126 cm³/mol. The van der Waals surface area contributed by atoms with Gasteiger partial charge in [0.1, 0.15) is 5.82 Å². The summed E-state index contributed by atoms with van der Waals surface area (Å²) in [5.74, 6) is 0.637. The maximum atomic E-state index is 13.0. The summed E-state index contributed by atoms with van der Waals surface area (Å²) in [5, 5.41) is 15.1. The lowest BCUT2D eigenvalue weighted by molar-refractivity contribution is 0.0943. The lowest BCUT2D eigenvalue weighted by Gasteiger charge is -2.16. The molecule has 6 rings (SSSR count). The molecule has 0 fully saturated rings. The second-order valence-corrected chi connectivity index (χ2v) is 8.57. The van der Waals surface area contributed by atoms with E-state index in [-0.39, 0.29) is 17.9 Å². The first kappa shape index (κ1) is 19.6. The number of imidazole rings is 1. The number of nitrogens with one attached hydrogen (secondary N) is 2. The van der Waals surface area contributed by atoms with Gasteiger partial charge in [-0.3, -0.25) is 9.78 Å². The molecule has 0 spiro atoms. The highest BCUT2D eigenvalue weighted by Crippen LogP contribution is 2.47. The van der Waals surface area contributed by atoms with Crippen molar-refractivity contribution in [1.29, 1.82) is 0 Å². The van der Waals surface area contributed by atoms with Crippen LogP contribution in [0.1, 0.15) is 34.5 Å². The van der Waals surface area contributed by atoms with E-state index >= 15 is 0 Å². The molecule has 3 unspecified atom stereocenters. The van der Waals surface area contributed by atoms with Gasteiger partial charge in [-0.2, -0.15) is 0 Å². The van der Waals surface area contributed by atoms with Crippen molar-refractivity contribution in [1.82, 2.24) is 20.3 Å². The van der Waals surface area contributed by atoms with Crippen LogP contribution in [0.5, 0.6) is 0 Å². The Morgan fingerprint density at radius 2 is 1.73 bits per heavy atom. The van der Waals surface area contributed by atoms with E-state index in [2.05, 4.69) is 33.5 Å². The highest BCUT2D eigenvalue weighted by molar-refractivity contribution is 5.96. The minimum absolute atomic E-state index is 0.0285. The van der Waals surface area contributed by atoms with Crippen LogP contribution < -0.4 is 16.0 Å². The van der Waals surface area contributed by atoms with E-state index in [9.17, 15) is 9.90 Å². The van der Waals surface area contributed by atoms with Crippen molar-refractivity contribution >= 4 is 18.1 Å². The molecule has 2 aromatic heterocycles. The first-order chi connectivity index (χ1) is 16.1. The van der Waals surface area contributed by atoms with Gasteiger partial charge in [0.05, 0.1) is 22.8 Å². The van der Waals surface area contributed by atoms with Crippen molar-refractivity contribution in [2.45, 2.75) is 19.1 Å². The van der Waals surface area contributed by atoms with E-state index in [4.69, 9.17) is 4.98 Å². The summed E-state index contributed by atoms with van der Waals surface area (Å²) >= 11 is 0. The normalized spacial score (nSPS) is 20.1. The molecule has 0 aliphatic heterocycles. The zero-order valence-corrected chi connectivity index (χ0v) is 18.0. The average Bonchev–Trinajstić information content (AvgIpc) is 3.39. The van der Waals surface area contributed by atoms with Gasteiger partial charge in [0.2, 0.25) is 0 Å². The lowest BCUT2D eigenvalue weighted by atomic mass is 9.98. The SMILES string of the molecule is CC1C=c2[nH]c(-c3cccc4c3-c3ccccc3C4NC(=O)c3ccncc3)nc2=CC1O. The first-order valence-electron chi connectivity index (χ1n) is 11.0. The Morgan fingerprint density at radius 3 is 2.58 bits per heavy atom. The average molecular weight is 434 g/mol. The van der Waals surface area contributed by atoms with Crippen molar-refractivity contribution < 1.29 is 9.90 Å². The number of rotatable bonds is 3. The summed E-state index contributed by atoms with van der Waals surface area (Å²) < 4.78 is 0. The molecule has 2 heterocycles. The van der Waals surface area contributed by atoms with Crippen molar-refractivity contribution in [3.05, 3.63) is 94.4 Å². The van der Waals surface area contributed by atoms with Crippen LogP contribution in [0.15, 0.2) is 67.0 Å². The van der Waals surface area contributed by atoms with Gasteiger partial charge in [0, 0.05) is 29.4 Å². The molecular formula is C27H22N4O2. The molecule has 33 heavy (non-hydrogen) atoms. The van der Waals surface area contributed by atoms with E-state index in [1.165, 1.54) is 0 Å². The maximum absolute atomic E-state index is 13.0. The second-order valence-electron chi connectivity index (χ2n) is 8.57. The number of aromatic amines is 1. The zero-order chi connectivity index (χ0) is 22.5. The fourth-order valence-electron chi connectivity index (χ4n) is 4.78. The van der Waals surface area contributed by atoms with Crippen molar-refractivity contribution in [2.75, 3.05) is 0 Å². The Hall–Kier alpha value is -4.03. The summed E-state index contributed by atoms with van der Waals surface area (Å²) in [4.78, 5) is 25.2. The smallest absolute Gasteiger partial charge is 0.252 e. The Labute approximate surface area is 190 Å². The molecule has 4 aromatic rings. The van der Waals surface area contributed by atoms with Crippen LogP contribution in [0.25, 0.3) is 34.7 Å². The topological polar surface area (TPSA) is 90.9 Å². The molecule has 0 saturated carbocycles. The van der Waals surface area contributed by atoms with Gasteiger partial charge in [0.25, 0.3) is 5.91 Å². The van der Waals surface area contributed by atoms with Gasteiger partial charge in [-0.25, -0.2) is 4.98 Å². The standard InChI is InChI=1S/C27H22N4O2/c1-15-13-21-22(14-23(15)32)30-26(29-21)20-8-4-7-19-24(20)17-5-2-3-6-18(17)25(19)31-27(33)16-9-11-28-12-10-16/h2-15,23,25,32H,1H3,(H,29,30)(H,31,33). The molecule has 6 heteroatoms. The summed E-state index contributed by atoms with van der Waals surface area (Å²) in [7, 11) is 0. The van der Waals surface area contributed by atoms with Crippen LogP contribution in [0.4, 0.5) is 0 Å². The van der Waals surface area contributed by atoms with E-state index in [0.29, 0.717) is 5.56 Å². The summed E-state index contributed by atoms with van der Waals surface area (Å²) in [5.41, 5.74) is 5.78. The third-order valence-electron chi connectivity index (χ3n) is 6.48. The number of amides is 1. The largest absolute Gasteiger partial charge is 0.388 e. The highest BCUT2D eigenvalue weighted by atomic mass is 16.3. The lowest BCUT2D eigenvalue weighted by Crippen LogP contribution is -2.34. The molecule has 162 valence electrons. The molecule has 6 nitrogen and oxygen atoms in total. The molecule has 0 saturated heterocycles. The molecule has 2 aromatic carbocycles. The van der Waals surface area contributed by atoms with Gasteiger partial charge < -0.3 is 15.4 Å². The Morgan fingerprint density at radius 1 is 0.970 bits per heavy atom. The fourth-order valence-corrected chi connectivity index (χ4v) is 4.78. The van der Waals surface area contributed by atoms with Crippen molar-refractivity contribution in [3.8, 4) is 22.5 Å². The Kier molecular flexibility index (Phi) is 4.48. The summed E-state index contributed by atoms with van der Waals surface area (Å²) in [6, 6.07) is 17.4. The number of pyridine rings is 1. The zero-order valence-electron chi connectivity index (χ0n) is 18.0. The Balaban J connectivity index is 1.48. The number of nitrogens with zero attached hydrogens (tertiary/aromatic N) is 2. The number of aliphatic hydroxyl groups excluding tert-OH is 1. The number of aromatic nitrogens is 3. The summed E-state index contributed by atoms with van der Waals surface area (Å²) in [6.45, 7) is 1.98. The number of benzene rings is 2. The van der Waals surface area contributed by atoms with Gasteiger partial charge in [-0.15, -0.1) is 0 Å². The molecule has 0 bridgehead atoms. The van der Waals surface area contributed by atoms with Crippen LogP contribution in [0.2, 0.25) is 0 Å². The molecule has 2 aliphatic carbocycles. The summed E-state index contributed by atoms with van der Waals surface area (Å²) in [6.07, 6.45) is 6.52. The monoisotopic (exact) mass is 434 g/mol. The van der Waals surface area contributed by atoms with Gasteiger partial charge >= 0.3 is 0 Å². The van der Waals surface area contributed by atoms with E-state index < -0.39 is 6.10 Å². The van der Waals surface area contributed by atoms with Crippen LogP contribution in [-0.2, 0) is 0 Å². The molecule has 1 amide bonds. The molecule has 3 atom stereocenters. The number of H-pyrrole nitrogens is 1. The minimum Gasteiger partial charge on any atom is -0.388 e. The quantitative estimate of drug-likeness (QED) is 0.462.